The number of halogens is 4. The van der Waals surface area contributed by atoms with Gasteiger partial charge >= 0.3 is 6.18 Å². The Labute approximate surface area is 162 Å². The van der Waals surface area contributed by atoms with Crippen molar-refractivity contribution in [1.82, 2.24) is 0 Å². The van der Waals surface area contributed by atoms with E-state index in [4.69, 9.17) is 23.8 Å². The first-order valence-electron chi connectivity index (χ1n) is 7.37. The number of non-ortho nitro benzene ring substituents is 1. The van der Waals surface area contributed by atoms with E-state index in [1.807, 2.05) is 6.92 Å². The SMILES string of the molecule is Cc1ccc(NC(=S)Nc2cc(OCC(F)(F)F)cc([N+](=O)[O-])c2)cc1Cl. The smallest absolute Gasteiger partial charge is 0.422 e. The van der Waals surface area contributed by atoms with Crippen molar-refractivity contribution in [2.45, 2.75) is 13.1 Å². The second-order valence-electron chi connectivity index (χ2n) is 5.42. The van der Waals surface area contributed by atoms with Crippen LogP contribution < -0.4 is 15.4 Å². The van der Waals surface area contributed by atoms with Crippen LogP contribution in [0.2, 0.25) is 5.02 Å². The molecule has 0 spiro atoms. The normalized spacial score (nSPS) is 11.0. The minimum Gasteiger partial charge on any atom is -0.484 e. The summed E-state index contributed by atoms with van der Waals surface area (Å²) in [7, 11) is 0. The highest BCUT2D eigenvalue weighted by Crippen LogP contribution is 2.28. The van der Waals surface area contributed by atoms with Gasteiger partial charge in [-0.05, 0) is 36.8 Å². The summed E-state index contributed by atoms with van der Waals surface area (Å²) in [5.41, 5.74) is 1.09. The molecule has 0 aliphatic heterocycles. The van der Waals surface area contributed by atoms with Crippen LogP contribution in [0, 0.1) is 17.0 Å². The summed E-state index contributed by atoms with van der Waals surface area (Å²) in [5, 5.41) is 17.1. The Kier molecular flexibility index (Phi) is 6.45. The van der Waals surface area contributed by atoms with E-state index in [0.717, 1.165) is 17.7 Å². The number of nitrogens with zero attached hydrogens (tertiary/aromatic N) is 1. The van der Waals surface area contributed by atoms with Gasteiger partial charge in [-0.1, -0.05) is 17.7 Å². The number of ether oxygens (including phenoxy) is 1. The molecule has 0 amide bonds. The number of hydrogen-bond acceptors (Lipinski definition) is 4. The first kappa shape index (κ1) is 20.7. The Morgan fingerprint density at radius 2 is 1.89 bits per heavy atom. The van der Waals surface area contributed by atoms with Crippen molar-refractivity contribution in [3.05, 3.63) is 57.1 Å². The van der Waals surface area contributed by atoms with Crippen LogP contribution in [0.15, 0.2) is 36.4 Å². The largest absolute Gasteiger partial charge is 0.484 e. The average molecular weight is 420 g/mol. The number of anilines is 2. The number of rotatable bonds is 5. The maximum atomic E-state index is 12.3. The summed E-state index contributed by atoms with van der Waals surface area (Å²) in [6.45, 7) is 0.256. The first-order chi connectivity index (χ1) is 12.5. The lowest BCUT2D eigenvalue weighted by Gasteiger charge is -2.13. The predicted molar refractivity (Wildman–Crippen MR) is 101 cm³/mol. The Hall–Kier alpha value is -2.59. The first-order valence-corrected chi connectivity index (χ1v) is 8.15. The van der Waals surface area contributed by atoms with Crippen molar-refractivity contribution >= 4 is 46.0 Å². The van der Waals surface area contributed by atoms with Gasteiger partial charge in [0.05, 0.1) is 16.7 Å². The van der Waals surface area contributed by atoms with Crippen LogP contribution in [-0.4, -0.2) is 22.8 Å². The fourth-order valence-corrected chi connectivity index (χ4v) is 2.39. The molecule has 0 fully saturated rings. The lowest BCUT2D eigenvalue weighted by atomic mass is 10.2. The third-order valence-corrected chi connectivity index (χ3v) is 3.80. The van der Waals surface area contributed by atoms with Crippen molar-refractivity contribution < 1.29 is 22.8 Å². The topological polar surface area (TPSA) is 76.4 Å². The Morgan fingerprint density at radius 3 is 2.48 bits per heavy atom. The molecule has 11 heteroatoms. The summed E-state index contributed by atoms with van der Waals surface area (Å²) in [6, 6.07) is 8.32. The van der Waals surface area contributed by atoms with Gasteiger partial charge in [0, 0.05) is 22.8 Å². The minimum atomic E-state index is -4.57. The van der Waals surface area contributed by atoms with Gasteiger partial charge in [0.15, 0.2) is 11.7 Å². The molecule has 0 unspecified atom stereocenters. The summed E-state index contributed by atoms with van der Waals surface area (Å²) in [5.74, 6) is -0.315. The molecule has 0 bridgehead atoms. The van der Waals surface area contributed by atoms with Crippen molar-refractivity contribution in [3.63, 3.8) is 0 Å². The zero-order valence-electron chi connectivity index (χ0n) is 13.8. The fourth-order valence-electron chi connectivity index (χ4n) is 1.97. The average Bonchev–Trinajstić information content (AvgIpc) is 2.55. The lowest BCUT2D eigenvalue weighted by molar-refractivity contribution is -0.384. The second-order valence-corrected chi connectivity index (χ2v) is 6.24. The molecule has 144 valence electrons. The van der Waals surface area contributed by atoms with Gasteiger partial charge in [0.2, 0.25) is 0 Å². The minimum absolute atomic E-state index is 0.0668. The molecule has 2 N–H and O–H groups in total. The van der Waals surface area contributed by atoms with E-state index in [1.54, 1.807) is 18.2 Å². The van der Waals surface area contributed by atoms with Crippen LogP contribution >= 0.6 is 23.8 Å². The van der Waals surface area contributed by atoms with Crippen LogP contribution in [0.4, 0.5) is 30.2 Å². The number of hydrogen-bond donors (Lipinski definition) is 2. The van der Waals surface area contributed by atoms with E-state index < -0.39 is 23.4 Å². The van der Waals surface area contributed by atoms with Crippen LogP contribution in [0.5, 0.6) is 5.75 Å². The second kappa shape index (κ2) is 8.40. The number of benzene rings is 2. The van der Waals surface area contributed by atoms with Crippen molar-refractivity contribution in [3.8, 4) is 5.75 Å². The fraction of sp³-hybridized carbons (Fsp3) is 0.188. The van der Waals surface area contributed by atoms with E-state index in [2.05, 4.69) is 15.4 Å². The van der Waals surface area contributed by atoms with Gasteiger partial charge < -0.3 is 15.4 Å². The van der Waals surface area contributed by atoms with E-state index >= 15 is 0 Å². The molecule has 2 aromatic carbocycles. The highest BCUT2D eigenvalue weighted by molar-refractivity contribution is 7.80. The number of alkyl halides is 3. The third kappa shape index (κ3) is 6.57. The highest BCUT2D eigenvalue weighted by atomic mass is 35.5. The summed E-state index contributed by atoms with van der Waals surface area (Å²) in [6.07, 6.45) is -4.57. The zero-order chi connectivity index (χ0) is 20.2. The van der Waals surface area contributed by atoms with Crippen LogP contribution in [-0.2, 0) is 0 Å². The molecule has 0 radical (unpaired) electrons. The molecule has 0 saturated carbocycles. The number of aryl methyl sites for hydroxylation is 1. The summed E-state index contributed by atoms with van der Waals surface area (Å²) < 4.78 is 41.5. The van der Waals surface area contributed by atoms with Gasteiger partial charge in [0.1, 0.15) is 5.75 Å². The molecule has 2 rings (SSSR count). The summed E-state index contributed by atoms with van der Waals surface area (Å²) in [4.78, 5) is 10.2. The van der Waals surface area contributed by atoms with E-state index in [-0.39, 0.29) is 16.5 Å². The Morgan fingerprint density at radius 1 is 1.22 bits per heavy atom. The molecule has 0 aromatic heterocycles. The molecule has 0 heterocycles. The number of nitro benzene ring substituents is 1. The van der Waals surface area contributed by atoms with Crippen LogP contribution in [0.1, 0.15) is 5.56 Å². The maximum Gasteiger partial charge on any atom is 0.422 e. The summed E-state index contributed by atoms with van der Waals surface area (Å²) >= 11 is 11.1. The molecule has 27 heavy (non-hydrogen) atoms. The van der Waals surface area contributed by atoms with Crippen molar-refractivity contribution in [2.24, 2.45) is 0 Å². The molecule has 2 aromatic rings. The number of nitro groups is 1. The molecular formula is C16H13ClF3N3O3S. The Bertz CT molecular complexity index is 878. The molecule has 6 nitrogen and oxygen atoms in total. The van der Waals surface area contributed by atoms with Gasteiger partial charge in [-0.15, -0.1) is 0 Å². The maximum absolute atomic E-state index is 12.3. The molecule has 0 saturated heterocycles. The van der Waals surface area contributed by atoms with Crippen molar-refractivity contribution in [2.75, 3.05) is 17.2 Å². The molecule has 0 aliphatic rings. The Balaban J connectivity index is 2.15. The van der Waals surface area contributed by atoms with Gasteiger partial charge in [-0.25, -0.2) is 0 Å². The van der Waals surface area contributed by atoms with Gasteiger partial charge in [0.25, 0.3) is 5.69 Å². The number of thiocarbonyl (C=S) groups is 1. The monoisotopic (exact) mass is 419 g/mol. The van der Waals surface area contributed by atoms with Gasteiger partial charge in [-0.3, -0.25) is 10.1 Å². The lowest BCUT2D eigenvalue weighted by Crippen LogP contribution is -2.20. The van der Waals surface area contributed by atoms with Gasteiger partial charge in [-0.2, -0.15) is 13.2 Å². The van der Waals surface area contributed by atoms with Crippen LogP contribution in [0.3, 0.4) is 0 Å². The van der Waals surface area contributed by atoms with Crippen molar-refractivity contribution in [1.29, 1.82) is 0 Å². The molecule has 0 aliphatic carbocycles. The zero-order valence-corrected chi connectivity index (χ0v) is 15.3. The van der Waals surface area contributed by atoms with Crippen LogP contribution in [0.25, 0.3) is 0 Å². The molecule has 0 atom stereocenters. The standard InChI is InChI=1S/C16H13ClF3N3O3S/c1-9-2-3-10(6-14(9)17)21-15(27)22-11-4-12(23(24)25)7-13(5-11)26-8-16(18,19)20/h2-7H,8H2,1H3,(H2,21,22,27). The van der Waals surface area contributed by atoms with E-state index in [9.17, 15) is 23.3 Å². The van der Waals surface area contributed by atoms with E-state index in [0.29, 0.717) is 10.7 Å². The highest BCUT2D eigenvalue weighted by Gasteiger charge is 2.28. The number of nitrogens with one attached hydrogen (secondary N) is 2. The van der Waals surface area contributed by atoms with E-state index in [1.165, 1.54) is 6.07 Å². The third-order valence-electron chi connectivity index (χ3n) is 3.19. The quantitative estimate of drug-likeness (QED) is 0.389. The predicted octanol–water partition coefficient (Wildman–Crippen LogP) is 5.31. The molecular weight excluding hydrogens is 407 g/mol.